The first-order valence-electron chi connectivity index (χ1n) is 5.66. The molecule has 0 aliphatic rings. The third-order valence-electron chi connectivity index (χ3n) is 3.00. The molecule has 4 aromatic heterocycles. The average molecular weight is 238 g/mol. The molecule has 5 heteroatoms. The number of pyridine rings is 2. The van der Waals surface area contributed by atoms with Gasteiger partial charge >= 0.3 is 11.2 Å². The number of H-pyrrole nitrogens is 1. The van der Waals surface area contributed by atoms with Crippen LogP contribution < -0.4 is 9.35 Å². The summed E-state index contributed by atoms with van der Waals surface area (Å²) in [7, 11) is 0. The summed E-state index contributed by atoms with van der Waals surface area (Å²) in [6.07, 6.45) is 7.42. The molecule has 0 aromatic carbocycles. The van der Waals surface area contributed by atoms with Gasteiger partial charge in [0.2, 0.25) is 12.4 Å². The molecule has 5 nitrogen and oxygen atoms in total. The number of hydrogen-bond acceptors (Lipinski definition) is 2. The van der Waals surface area contributed by atoms with E-state index in [1.165, 1.54) is 0 Å². The second-order valence-corrected chi connectivity index (χ2v) is 4.06. The molecule has 4 aromatic rings. The number of fused-ring (bicyclic) bond motifs is 2. The molecule has 1 N–H and O–H groups in total. The lowest BCUT2D eigenvalue weighted by atomic mass is 10.3. The van der Waals surface area contributed by atoms with E-state index < -0.39 is 0 Å². The molecule has 0 radical (unpaired) electrons. The first-order valence-corrected chi connectivity index (χ1v) is 5.66. The molecule has 0 fully saturated rings. The van der Waals surface area contributed by atoms with E-state index in [1.807, 2.05) is 52.1 Å². The minimum atomic E-state index is 0.802. The Morgan fingerprint density at radius 3 is 2.94 bits per heavy atom. The summed E-state index contributed by atoms with van der Waals surface area (Å²) in [4.78, 5) is 0. The Bertz CT molecular complexity index is 774. The predicted octanol–water partition coefficient (Wildman–Crippen LogP) is 1.20. The zero-order valence-corrected chi connectivity index (χ0v) is 9.45. The third kappa shape index (κ3) is 1.18. The van der Waals surface area contributed by atoms with Crippen molar-refractivity contribution in [2.45, 2.75) is 0 Å². The molecule has 0 aliphatic heterocycles. The predicted molar refractivity (Wildman–Crippen MR) is 63.5 cm³/mol. The fourth-order valence-electron chi connectivity index (χ4n) is 2.17. The summed E-state index contributed by atoms with van der Waals surface area (Å²) in [5, 5.41) is 8.08. The van der Waals surface area contributed by atoms with Gasteiger partial charge in [0.15, 0.2) is 0 Å². The molecule has 4 heterocycles. The number of aromatic amines is 1. The molecule has 86 valence electrons. The number of aromatic nitrogens is 4. The lowest BCUT2D eigenvalue weighted by molar-refractivity contribution is -1.28. The molecule has 0 saturated carbocycles. The van der Waals surface area contributed by atoms with Crippen molar-refractivity contribution in [2.75, 3.05) is 0 Å². The highest BCUT2D eigenvalue weighted by Crippen LogP contribution is 2.09. The van der Waals surface area contributed by atoms with Gasteiger partial charge in [0.05, 0.1) is 16.3 Å². The Morgan fingerprint density at radius 1 is 1.06 bits per heavy atom. The molecule has 0 aliphatic carbocycles. The van der Waals surface area contributed by atoms with E-state index in [1.54, 1.807) is 12.5 Å². The van der Waals surface area contributed by atoms with Crippen molar-refractivity contribution < 1.29 is 13.8 Å². The van der Waals surface area contributed by atoms with Gasteiger partial charge in [-0.25, -0.2) is 0 Å². The van der Waals surface area contributed by atoms with E-state index in [9.17, 15) is 0 Å². The van der Waals surface area contributed by atoms with Crippen molar-refractivity contribution in [3.05, 3.63) is 55.2 Å². The van der Waals surface area contributed by atoms with Crippen LogP contribution in [0.25, 0.3) is 22.1 Å². The van der Waals surface area contributed by atoms with Crippen LogP contribution >= 0.6 is 0 Å². The Labute approximate surface area is 102 Å². The highest BCUT2D eigenvalue weighted by molar-refractivity contribution is 5.70. The minimum absolute atomic E-state index is 0.802. The maximum absolute atomic E-state index is 5.54. The van der Waals surface area contributed by atoms with Gasteiger partial charge in [-0.05, 0) is 18.2 Å². The summed E-state index contributed by atoms with van der Waals surface area (Å²) in [6, 6.07) is 9.91. The van der Waals surface area contributed by atoms with E-state index in [2.05, 4.69) is 10.2 Å². The smallest absolute Gasteiger partial charge is 0.408 e. The number of hydrogen-bond donors (Lipinski definition) is 1. The summed E-state index contributed by atoms with van der Waals surface area (Å²) in [5.41, 5.74) is 2.77. The van der Waals surface area contributed by atoms with Crippen molar-refractivity contribution in [3.63, 3.8) is 0 Å². The Kier molecular flexibility index (Phi) is 1.77. The minimum Gasteiger partial charge on any atom is -0.408 e. The fourth-order valence-corrected chi connectivity index (χ4v) is 2.17. The number of nitrogens with zero attached hydrogens (tertiary/aromatic N) is 3. The van der Waals surface area contributed by atoms with Crippen LogP contribution in [0.4, 0.5) is 0 Å². The zero-order valence-electron chi connectivity index (χ0n) is 9.45. The summed E-state index contributed by atoms with van der Waals surface area (Å²) in [5.74, 6) is 0. The second-order valence-electron chi connectivity index (χ2n) is 4.06. The van der Waals surface area contributed by atoms with Gasteiger partial charge in [0.25, 0.3) is 0 Å². The van der Waals surface area contributed by atoms with Crippen LogP contribution in [-0.4, -0.2) is 10.2 Å². The normalized spacial score (nSPS) is 11.3. The van der Waals surface area contributed by atoms with Crippen molar-refractivity contribution >= 4 is 22.1 Å². The summed E-state index contributed by atoms with van der Waals surface area (Å²) in [6.45, 7) is 0. The van der Waals surface area contributed by atoms with Gasteiger partial charge in [-0.15, -0.1) is 0 Å². The molecular weight excluding hydrogens is 228 g/mol. The Hall–Kier alpha value is -2.69. The van der Waals surface area contributed by atoms with Crippen molar-refractivity contribution in [1.29, 1.82) is 0 Å². The van der Waals surface area contributed by atoms with Gasteiger partial charge in [0.1, 0.15) is 16.4 Å². The van der Waals surface area contributed by atoms with Gasteiger partial charge in [-0.2, -0.15) is 5.10 Å². The van der Waals surface area contributed by atoms with Crippen LogP contribution in [0.5, 0.6) is 0 Å². The van der Waals surface area contributed by atoms with Gasteiger partial charge in [-0.3, -0.25) is 5.10 Å². The SMILES string of the molecule is c1cc2[nH]ncc2[n+](-[n+]2cccc3ccoc32)c1. The average Bonchev–Trinajstić information content (AvgIpc) is 3.06. The number of nitrogens with one attached hydrogen (secondary N) is 1. The van der Waals surface area contributed by atoms with Gasteiger partial charge in [0, 0.05) is 12.1 Å². The molecule has 0 saturated heterocycles. The quantitative estimate of drug-likeness (QED) is 0.506. The van der Waals surface area contributed by atoms with Crippen molar-refractivity contribution in [1.82, 2.24) is 10.2 Å². The van der Waals surface area contributed by atoms with Crippen LogP contribution in [0.15, 0.2) is 59.6 Å². The largest absolute Gasteiger partial charge is 0.447 e. The lowest BCUT2D eigenvalue weighted by Crippen LogP contribution is -2.66. The highest BCUT2D eigenvalue weighted by atomic mass is 16.3. The topological polar surface area (TPSA) is 49.6 Å². The van der Waals surface area contributed by atoms with E-state index in [4.69, 9.17) is 4.42 Å². The molecular formula is C13H10N4O+2. The molecule has 0 unspecified atom stereocenters. The fraction of sp³-hybridized carbons (Fsp3) is 0. The molecule has 18 heavy (non-hydrogen) atoms. The first kappa shape index (κ1) is 9.35. The Balaban J connectivity index is 2.13. The first-order chi connectivity index (χ1) is 8.93. The standard InChI is InChI=1S/C13H10N4O/c1-3-10-5-8-18-13(10)17(7-1)16-6-2-4-11-12(16)9-14-15-11/h1-9H,(H,14,15)/q+2. The maximum Gasteiger partial charge on any atom is 0.447 e. The molecule has 4 rings (SSSR count). The molecule has 0 bridgehead atoms. The van der Waals surface area contributed by atoms with Gasteiger partial charge < -0.3 is 4.42 Å². The maximum atomic E-state index is 5.54. The highest BCUT2D eigenvalue weighted by Gasteiger charge is 2.24. The van der Waals surface area contributed by atoms with Gasteiger partial charge in [-0.1, -0.05) is 0 Å². The van der Waals surface area contributed by atoms with Crippen molar-refractivity contribution in [2.24, 2.45) is 0 Å². The summed E-state index contributed by atoms with van der Waals surface area (Å²) < 4.78 is 9.48. The van der Waals surface area contributed by atoms with Crippen LogP contribution in [0, 0.1) is 0 Å². The second kappa shape index (κ2) is 3.40. The van der Waals surface area contributed by atoms with E-state index >= 15 is 0 Å². The van der Waals surface area contributed by atoms with E-state index in [0.29, 0.717) is 0 Å². The van der Waals surface area contributed by atoms with Crippen LogP contribution in [0.3, 0.4) is 0 Å². The molecule has 0 amide bonds. The van der Waals surface area contributed by atoms with E-state index in [-0.39, 0.29) is 0 Å². The molecule has 0 spiro atoms. The number of rotatable bonds is 1. The third-order valence-corrected chi connectivity index (χ3v) is 3.00. The number of furan rings is 1. The lowest BCUT2D eigenvalue weighted by Gasteiger charge is -1.90. The summed E-state index contributed by atoms with van der Waals surface area (Å²) >= 11 is 0. The van der Waals surface area contributed by atoms with Crippen LogP contribution in [-0.2, 0) is 0 Å². The van der Waals surface area contributed by atoms with E-state index in [0.717, 1.165) is 22.1 Å². The monoisotopic (exact) mass is 238 g/mol. The van der Waals surface area contributed by atoms with Crippen LogP contribution in [0.2, 0.25) is 0 Å². The zero-order chi connectivity index (χ0) is 11.9. The van der Waals surface area contributed by atoms with Crippen molar-refractivity contribution in [3.8, 4) is 0 Å². The molecule has 0 atom stereocenters. The Morgan fingerprint density at radius 2 is 1.94 bits per heavy atom. The van der Waals surface area contributed by atoms with Crippen LogP contribution in [0.1, 0.15) is 0 Å².